The van der Waals surface area contributed by atoms with Gasteiger partial charge in [0.2, 0.25) is 0 Å². The second-order valence-corrected chi connectivity index (χ2v) is 3.25. The van der Waals surface area contributed by atoms with Crippen LogP contribution in [0.15, 0.2) is 12.5 Å². The third-order valence-electron chi connectivity index (χ3n) is 2.45. The van der Waals surface area contributed by atoms with Gasteiger partial charge in [0.05, 0.1) is 6.33 Å². The summed E-state index contributed by atoms with van der Waals surface area (Å²) < 4.78 is 2.03. The van der Waals surface area contributed by atoms with Gasteiger partial charge in [0, 0.05) is 12.3 Å². The molecule has 1 aromatic heterocycles. The van der Waals surface area contributed by atoms with Gasteiger partial charge >= 0.3 is 18.9 Å². The predicted octanol–water partition coefficient (Wildman–Crippen LogP) is -1.72. The van der Waals surface area contributed by atoms with Crippen molar-refractivity contribution in [2.45, 2.75) is 31.7 Å². The van der Waals surface area contributed by atoms with Gasteiger partial charge in [-0.2, -0.15) is 0 Å². The van der Waals surface area contributed by atoms with Crippen LogP contribution in [0.25, 0.3) is 0 Å². The van der Waals surface area contributed by atoms with E-state index in [9.17, 15) is 4.79 Å². The zero-order valence-electron chi connectivity index (χ0n) is 8.31. The summed E-state index contributed by atoms with van der Waals surface area (Å²) in [5.41, 5.74) is 0.418. The van der Waals surface area contributed by atoms with Crippen molar-refractivity contribution in [1.29, 1.82) is 0 Å². The second-order valence-electron chi connectivity index (χ2n) is 3.25. The Morgan fingerprint density at radius 3 is 2.57 bits per heavy atom. The number of imidazole rings is 1. The summed E-state index contributed by atoms with van der Waals surface area (Å²) in [5, 5.41) is 0. The SMILES string of the molecule is O=[C-]c1cn(C2CCCC2)cn1.[Li+].[OH-]. The van der Waals surface area contributed by atoms with E-state index in [4.69, 9.17) is 0 Å². The number of rotatable bonds is 2. The quantitative estimate of drug-likeness (QED) is 0.408. The van der Waals surface area contributed by atoms with Crippen molar-refractivity contribution in [2.75, 3.05) is 0 Å². The molecule has 14 heavy (non-hydrogen) atoms. The second kappa shape index (κ2) is 6.02. The zero-order chi connectivity index (χ0) is 8.39. The van der Waals surface area contributed by atoms with Gasteiger partial charge in [-0.25, -0.2) is 0 Å². The largest absolute Gasteiger partial charge is 1.00 e. The average molecular weight is 187 g/mol. The summed E-state index contributed by atoms with van der Waals surface area (Å²) in [6.07, 6.45) is 10.3. The molecule has 0 aliphatic heterocycles. The first-order valence-electron chi connectivity index (χ1n) is 4.32. The Balaban J connectivity index is 0.000000845. The van der Waals surface area contributed by atoms with Crippen molar-refractivity contribution in [2.24, 2.45) is 0 Å². The van der Waals surface area contributed by atoms with Crippen LogP contribution in [-0.2, 0) is 4.79 Å². The van der Waals surface area contributed by atoms with Gasteiger partial charge in [0.15, 0.2) is 0 Å². The van der Waals surface area contributed by atoms with E-state index in [-0.39, 0.29) is 24.3 Å². The maximum atomic E-state index is 10.2. The van der Waals surface area contributed by atoms with Crippen LogP contribution in [0.1, 0.15) is 37.4 Å². The summed E-state index contributed by atoms with van der Waals surface area (Å²) in [6, 6.07) is 0.569. The Morgan fingerprint density at radius 1 is 1.43 bits per heavy atom. The van der Waals surface area contributed by atoms with Crippen molar-refractivity contribution >= 4 is 6.29 Å². The van der Waals surface area contributed by atoms with E-state index in [1.807, 2.05) is 4.57 Å². The topological polar surface area (TPSA) is 64.9 Å². The average Bonchev–Trinajstić information content (AvgIpc) is 2.75. The first kappa shape index (κ1) is 13.4. The van der Waals surface area contributed by atoms with Gasteiger partial charge < -0.3 is 14.8 Å². The molecule has 0 unspecified atom stereocenters. The molecule has 0 radical (unpaired) electrons. The van der Waals surface area contributed by atoms with Crippen LogP contribution in [0.5, 0.6) is 0 Å². The molecule has 0 saturated heterocycles. The van der Waals surface area contributed by atoms with E-state index in [2.05, 4.69) is 4.98 Å². The van der Waals surface area contributed by atoms with Crippen molar-refractivity contribution in [3.8, 4) is 0 Å². The minimum atomic E-state index is 0. The Bertz CT molecular complexity index is 282. The van der Waals surface area contributed by atoms with Gasteiger partial charge in [-0.3, -0.25) is 4.98 Å². The molecule has 72 valence electrons. The molecule has 5 heteroatoms. The normalized spacial score (nSPS) is 15.7. The van der Waals surface area contributed by atoms with Crippen LogP contribution in [0.4, 0.5) is 0 Å². The Labute approximate surface area is 95.2 Å². The van der Waals surface area contributed by atoms with Crippen LogP contribution >= 0.6 is 0 Å². The van der Waals surface area contributed by atoms with Crippen molar-refractivity contribution in [3.05, 3.63) is 18.2 Å². The molecule has 1 heterocycles. The molecule has 1 aromatic rings. The molecule has 1 fully saturated rings. The molecule has 1 N–H and O–H groups in total. The molecule has 1 aliphatic carbocycles. The fourth-order valence-electron chi connectivity index (χ4n) is 1.79. The van der Waals surface area contributed by atoms with E-state index >= 15 is 0 Å². The predicted molar refractivity (Wildman–Crippen MR) is 46.5 cm³/mol. The number of aromatic nitrogens is 2. The summed E-state index contributed by atoms with van der Waals surface area (Å²) in [6.45, 7) is 0. The van der Waals surface area contributed by atoms with E-state index < -0.39 is 0 Å². The fourth-order valence-corrected chi connectivity index (χ4v) is 1.79. The van der Waals surface area contributed by atoms with Crippen molar-refractivity contribution < 1.29 is 29.1 Å². The Morgan fingerprint density at radius 2 is 2.07 bits per heavy atom. The molecule has 0 aromatic carbocycles. The van der Waals surface area contributed by atoms with Gasteiger partial charge in [-0.1, -0.05) is 12.8 Å². The monoisotopic (exact) mass is 187 g/mol. The summed E-state index contributed by atoms with van der Waals surface area (Å²) in [5.74, 6) is 0. The zero-order valence-corrected chi connectivity index (χ0v) is 8.31. The molecule has 0 amide bonds. The van der Waals surface area contributed by atoms with E-state index in [1.165, 1.54) is 25.7 Å². The third-order valence-corrected chi connectivity index (χ3v) is 2.45. The van der Waals surface area contributed by atoms with Gasteiger partial charge in [-0.15, -0.1) is 6.20 Å². The summed E-state index contributed by atoms with van der Waals surface area (Å²) in [4.78, 5) is 14.2. The third kappa shape index (κ3) is 2.71. The molecule has 0 bridgehead atoms. The standard InChI is InChI=1S/C9H11N2O.Li.H2O/c12-6-8-5-11(7-10-8)9-3-1-2-4-9;;/h5,7,9H,1-4H2;;1H2/q-1;+1;/p-1. The molecule has 2 rings (SSSR count). The van der Waals surface area contributed by atoms with Crippen LogP contribution in [0.3, 0.4) is 0 Å². The van der Waals surface area contributed by atoms with E-state index in [0.717, 1.165) is 0 Å². The molecule has 1 saturated carbocycles. The number of hydrogen-bond acceptors (Lipinski definition) is 3. The summed E-state index contributed by atoms with van der Waals surface area (Å²) >= 11 is 0. The Kier molecular flexibility index (Phi) is 5.78. The van der Waals surface area contributed by atoms with Crippen molar-refractivity contribution in [3.63, 3.8) is 0 Å². The van der Waals surface area contributed by atoms with Crippen molar-refractivity contribution in [1.82, 2.24) is 9.55 Å². The Hall–Kier alpha value is -0.563. The maximum absolute atomic E-state index is 10.2. The first-order chi connectivity index (χ1) is 5.90. The minimum Gasteiger partial charge on any atom is -0.870 e. The maximum Gasteiger partial charge on any atom is 1.00 e. The molecule has 0 spiro atoms. The van der Waals surface area contributed by atoms with Crippen LogP contribution in [0.2, 0.25) is 0 Å². The van der Waals surface area contributed by atoms with Gasteiger partial charge in [0.1, 0.15) is 0 Å². The van der Waals surface area contributed by atoms with Gasteiger partial charge in [-0.05, 0) is 18.5 Å². The molecular formula is C9H12LiN2O2-. The fraction of sp³-hybridized carbons (Fsp3) is 0.556. The molecule has 4 nitrogen and oxygen atoms in total. The summed E-state index contributed by atoms with van der Waals surface area (Å²) in [7, 11) is 0. The van der Waals surface area contributed by atoms with Crippen LogP contribution < -0.4 is 18.9 Å². The van der Waals surface area contributed by atoms with Gasteiger partial charge in [0.25, 0.3) is 0 Å². The smallest absolute Gasteiger partial charge is 0.870 e. The molecule has 0 atom stereocenters. The molecule has 1 aliphatic rings. The van der Waals surface area contributed by atoms with E-state index in [0.29, 0.717) is 11.7 Å². The van der Waals surface area contributed by atoms with Crippen LogP contribution in [-0.4, -0.2) is 21.3 Å². The first-order valence-corrected chi connectivity index (χ1v) is 4.32. The molecular weight excluding hydrogens is 175 g/mol. The van der Waals surface area contributed by atoms with E-state index in [1.54, 1.807) is 18.8 Å². The number of hydrogen-bond donors (Lipinski definition) is 0. The van der Waals surface area contributed by atoms with Crippen LogP contribution in [0, 0.1) is 0 Å². The number of carbonyl (C=O) groups excluding carboxylic acids is 1. The minimum absolute atomic E-state index is 0. The number of nitrogens with zero attached hydrogens (tertiary/aromatic N) is 2.